The first-order valence-electron chi connectivity index (χ1n) is 6.31. The van der Waals surface area contributed by atoms with Gasteiger partial charge in [-0.1, -0.05) is 18.2 Å². The van der Waals surface area contributed by atoms with Crippen molar-refractivity contribution in [3.05, 3.63) is 29.8 Å². The van der Waals surface area contributed by atoms with Crippen LogP contribution in [0.2, 0.25) is 0 Å². The van der Waals surface area contributed by atoms with Crippen LogP contribution in [-0.4, -0.2) is 32.3 Å². The van der Waals surface area contributed by atoms with Crippen molar-refractivity contribution in [1.29, 1.82) is 0 Å². The van der Waals surface area contributed by atoms with Gasteiger partial charge in [-0.3, -0.25) is 0 Å². The Kier molecular flexibility index (Phi) is 4.02. The number of rotatable bonds is 4. The molecule has 2 unspecified atom stereocenters. The molecule has 94 valence electrons. The first kappa shape index (κ1) is 12.4. The molecule has 0 radical (unpaired) electrons. The van der Waals surface area contributed by atoms with Crippen LogP contribution in [-0.2, 0) is 11.2 Å². The highest BCUT2D eigenvalue weighted by Crippen LogP contribution is 2.28. The Bertz CT molecular complexity index is 367. The number of ether oxygens (including phenoxy) is 1. The zero-order chi connectivity index (χ0) is 12.3. The third kappa shape index (κ3) is 2.79. The van der Waals surface area contributed by atoms with Crippen molar-refractivity contribution in [2.24, 2.45) is 5.73 Å². The predicted molar refractivity (Wildman–Crippen MR) is 71.4 cm³/mol. The maximum atomic E-state index is 6.13. The quantitative estimate of drug-likeness (QED) is 0.863. The summed E-state index contributed by atoms with van der Waals surface area (Å²) in [5.41, 5.74) is 8.85. The lowest BCUT2D eigenvalue weighted by Gasteiger charge is -2.39. The fourth-order valence-corrected chi connectivity index (χ4v) is 2.52. The van der Waals surface area contributed by atoms with Crippen LogP contribution in [0.25, 0.3) is 0 Å². The molecule has 1 heterocycles. The molecule has 2 rings (SSSR count). The van der Waals surface area contributed by atoms with E-state index >= 15 is 0 Å². The van der Waals surface area contributed by atoms with Crippen LogP contribution in [0.4, 0.5) is 5.69 Å². The van der Waals surface area contributed by atoms with Gasteiger partial charge in [0, 0.05) is 38.0 Å². The van der Waals surface area contributed by atoms with Crippen molar-refractivity contribution < 1.29 is 4.74 Å². The number of nitrogens with two attached hydrogens (primary N) is 1. The molecular weight excluding hydrogens is 212 g/mol. The molecule has 0 saturated carbocycles. The van der Waals surface area contributed by atoms with E-state index in [1.165, 1.54) is 11.3 Å². The van der Waals surface area contributed by atoms with E-state index in [1.54, 1.807) is 7.11 Å². The SMILES string of the molecule is COCCC(C)N1CC(N)Cc2ccccc21. The molecule has 0 saturated heterocycles. The number of hydrogen-bond donors (Lipinski definition) is 1. The lowest BCUT2D eigenvalue weighted by molar-refractivity contribution is 0.188. The largest absolute Gasteiger partial charge is 0.385 e. The minimum Gasteiger partial charge on any atom is -0.385 e. The van der Waals surface area contributed by atoms with Crippen molar-refractivity contribution in [1.82, 2.24) is 0 Å². The van der Waals surface area contributed by atoms with Crippen molar-refractivity contribution in [2.45, 2.75) is 31.8 Å². The van der Waals surface area contributed by atoms with E-state index in [1.807, 2.05) is 0 Å². The number of methoxy groups -OCH3 is 1. The van der Waals surface area contributed by atoms with Gasteiger partial charge in [-0.05, 0) is 31.4 Å². The summed E-state index contributed by atoms with van der Waals surface area (Å²) >= 11 is 0. The second-order valence-corrected chi connectivity index (χ2v) is 4.88. The maximum absolute atomic E-state index is 6.13. The molecule has 1 aliphatic heterocycles. The predicted octanol–water partition coefficient (Wildman–Crippen LogP) is 1.80. The first-order chi connectivity index (χ1) is 8.22. The highest BCUT2D eigenvalue weighted by Gasteiger charge is 2.24. The van der Waals surface area contributed by atoms with Crippen molar-refractivity contribution in [2.75, 3.05) is 25.2 Å². The Morgan fingerprint density at radius 1 is 1.47 bits per heavy atom. The van der Waals surface area contributed by atoms with Gasteiger partial charge in [0.15, 0.2) is 0 Å². The van der Waals surface area contributed by atoms with E-state index in [-0.39, 0.29) is 6.04 Å². The average molecular weight is 234 g/mol. The fourth-order valence-electron chi connectivity index (χ4n) is 2.52. The van der Waals surface area contributed by atoms with E-state index in [0.717, 1.165) is 26.0 Å². The number of fused-ring (bicyclic) bond motifs is 1. The summed E-state index contributed by atoms with van der Waals surface area (Å²) in [6.45, 7) is 3.99. The molecule has 2 atom stereocenters. The van der Waals surface area contributed by atoms with Gasteiger partial charge in [0.2, 0.25) is 0 Å². The second-order valence-electron chi connectivity index (χ2n) is 4.88. The molecule has 0 aliphatic carbocycles. The smallest absolute Gasteiger partial charge is 0.0481 e. The van der Waals surface area contributed by atoms with Crippen molar-refractivity contribution in [3.63, 3.8) is 0 Å². The molecule has 2 N–H and O–H groups in total. The third-order valence-corrected chi connectivity index (χ3v) is 3.49. The number of hydrogen-bond acceptors (Lipinski definition) is 3. The van der Waals surface area contributed by atoms with Gasteiger partial charge in [-0.2, -0.15) is 0 Å². The summed E-state index contributed by atoms with van der Waals surface area (Å²) in [7, 11) is 1.75. The fraction of sp³-hybridized carbons (Fsp3) is 0.571. The molecule has 0 bridgehead atoms. The lowest BCUT2D eigenvalue weighted by atomic mass is 9.96. The van der Waals surface area contributed by atoms with E-state index in [4.69, 9.17) is 10.5 Å². The van der Waals surface area contributed by atoms with Crippen LogP contribution < -0.4 is 10.6 Å². The topological polar surface area (TPSA) is 38.5 Å². The Labute approximate surface area is 104 Å². The van der Waals surface area contributed by atoms with Crippen LogP contribution in [0.5, 0.6) is 0 Å². The minimum atomic E-state index is 0.245. The van der Waals surface area contributed by atoms with Crippen LogP contribution in [0, 0.1) is 0 Å². The molecule has 3 nitrogen and oxygen atoms in total. The van der Waals surface area contributed by atoms with Gasteiger partial charge in [-0.15, -0.1) is 0 Å². The zero-order valence-corrected chi connectivity index (χ0v) is 10.7. The zero-order valence-electron chi connectivity index (χ0n) is 10.7. The average Bonchev–Trinajstić information content (AvgIpc) is 2.34. The lowest BCUT2D eigenvalue weighted by Crippen LogP contribution is -2.47. The summed E-state index contributed by atoms with van der Waals surface area (Å²) in [6, 6.07) is 9.30. The van der Waals surface area contributed by atoms with E-state index in [0.29, 0.717) is 6.04 Å². The molecule has 1 aromatic carbocycles. The number of benzene rings is 1. The van der Waals surface area contributed by atoms with Crippen molar-refractivity contribution in [3.8, 4) is 0 Å². The number of nitrogens with zero attached hydrogens (tertiary/aromatic N) is 1. The molecule has 1 aromatic rings. The van der Waals surface area contributed by atoms with E-state index < -0.39 is 0 Å². The summed E-state index contributed by atoms with van der Waals surface area (Å²) in [5.74, 6) is 0. The van der Waals surface area contributed by atoms with Gasteiger partial charge in [0.1, 0.15) is 0 Å². The molecular formula is C14H22N2O. The summed E-state index contributed by atoms with van der Waals surface area (Å²) in [6.07, 6.45) is 2.03. The standard InChI is InChI=1S/C14H22N2O/c1-11(7-8-17-2)16-10-13(15)9-12-5-3-4-6-14(12)16/h3-6,11,13H,7-10,15H2,1-2H3. The molecule has 17 heavy (non-hydrogen) atoms. The molecule has 0 fully saturated rings. The molecule has 0 spiro atoms. The molecule has 0 amide bonds. The third-order valence-electron chi connectivity index (χ3n) is 3.49. The van der Waals surface area contributed by atoms with Crippen LogP contribution in [0.1, 0.15) is 18.9 Å². The Balaban J connectivity index is 2.17. The van der Waals surface area contributed by atoms with Crippen molar-refractivity contribution >= 4 is 5.69 Å². The maximum Gasteiger partial charge on any atom is 0.0481 e. The van der Waals surface area contributed by atoms with E-state index in [2.05, 4.69) is 36.1 Å². The van der Waals surface area contributed by atoms with Crippen LogP contribution in [0.15, 0.2) is 24.3 Å². The number of anilines is 1. The summed E-state index contributed by atoms with van der Waals surface area (Å²) < 4.78 is 5.16. The highest BCUT2D eigenvalue weighted by atomic mass is 16.5. The van der Waals surface area contributed by atoms with Crippen LogP contribution in [0.3, 0.4) is 0 Å². The van der Waals surface area contributed by atoms with Gasteiger partial charge < -0.3 is 15.4 Å². The number of para-hydroxylation sites is 1. The molecule has 1 aliphatic rings. The minimum absolute atomic E-state index is 0.245. The summed E-state index contributed by atoms with van der Waals surface area (Å²) in [5, 5.41) is 0. The van der Waals surface area contributed by atoms with Crippen LogP contribution >= 0.6 is 0 Å². The monoisotopic (exact) mass is 234 g/mol. The van der Waals surface area contributed by atoms with Gasteiger partial charge >= 0.3 is 0 Å². The first-order valence-corrected chi connectivity index (χ1v) is 6.31. The van der Waals surface area contributed by atoms with Gasteiger partial charge in [0.25, 0.3) is 0 Å². The Hall–Kier alpha value is -1.06. The Morgan fingerprint density at radius 3 is 3.00 bits per heavy atom. The van der Waals surface area contributed by atoms with Gasteiger partial charge in [0.05, 0.1) is 0 Å². The van der Waals surface area contributed by atoms with Gasteiger partial charge in [-0.25, -0.2) is 0 Å². The Morgan fingerprint density at radius 2 is 2.24 bits per heavy atom. The summed E-state index contributed by atoms with van der Waals surface area (Å²) in [4.78, 5) is 2.42. The molecule has 0 aromatic heterocycles. The normalized spacial score (nSPS) is 21.1. The molecule has 3 heteroatoms. The van der Waals surface area contributed by atoms with E-state index in [9.17, 15) is 0 Å². The highest BCUT2D eigenvalue weighted by molar-refractivity contribution is 5.56. The second kappa shape index (κ2) is 5.52.